The number of carbonyl (C=O) groups excluding carboxylic acids is 1. The van der Waals surface area contributed by atoms with Gasteiger partial charge < -0.3 is 5.32 Å². The molecule has 2 heterocycles. The number of rotatable bonds is 7. The van der Waals surface area contributed by atoms with Crippen molar-refractivity contribution in [3.8, 4) is 0 Å². The Morgan fingerprint density at radius 2 is 2.32 bits per heavy atom. The fourth-order valence-corrected chi connectivity index (χ4v) is 3.62. The smallest absolute Gasteiger partial charge is 0.244 e. The van der Waals surface area contributed by atoms with Crippen LogP contribution in [0, 0.1) is 13.8 Å². The van der Waals surface area contributed by atoms with E-state index in [0.29, 0.717) is 6.54 Å². The quantitative estimate of drug-likeness (QED) is 0.480. The number of hydrogen-bond donors (Lipinski definition) is 1. The van der Waals surface area contributed by atoms with E-state index in [1.165, 1.54) is 0 Å². The van der Waals surface area contributed by atoms with Crippen LogP contribution >= 0.6 is 23.1 Å². The van der Waals surface area contributed by atoms with E-state index in [-0.39, 0.29) is 5.91 Å². The van der Waals surface area contributed by atoms with Gasteiger partial charge in [0.15, 0.2) is 0 Å². The molecule has 22 heavy (non-hydrogen) atoms. The van der Waals surface area contributed by atoms with E-state index in [4.69, 9.17) is 0 Å². The molecule has 1 N–H and O–H groups in total. The van der Waals surface area contributed by atoms with E-state index in [1.54, 1.807) is 29.2 Å². The first-order chi connectivity index (χ1) is 10.6. The molecule has 7 heteroatoms. The monoisotopic (exact) mass is 336 g/mol. The van der Waals surface area contributed by atoms with E-state index in [9.17, 15) is 4.79 Å². The maximum Gasteiger partial charge on any atom is 0.244 e. The summed E-state index contributed by atoms with van der Waals surface area (Å²) in [5.74, 6) is 0.889. The molecule has 0 aliphatic heterocycles. The Morgan fingerprint density at radius 1 is 1.50 bits per heavy atom. The van der Waals surface area contributed by atoms with Gasteiger partial charge in [-0.15, -0.1) is 11.3 Å². The summed E-state index contributed by atoms with van der Waals surface area (Å²) in [6.07, 6.45) is 6.14. The number of nitrogens with one attached hydrogen (secondary N) is 1. The Kier molecular flexibility index (Phi) is 6.21. The first-order valence-electron chi connectivity index (χ1n) is 7.06. The second-order valence-corrected chi connectivity index (χ2v) is 7.07. The maximum absolute atomic E-state index is 11.8. The second-order valence-electron chi connectivity index (χ2n) is 4.83. The minimum Gasteiger partial charge on any atom is -0.353 e. The summed E-state index contributed by atoms with van der Waals surface area (Å²) in [7, 11) is 1.90. The van der Waals surface area contributed by atoms with Crippen LogP contribution < -0.4 is 5.32 Å². The largest absolute Gasteiger partial charge is 0.353 e. The Morgan fingerprint density at radius 3 is 2.95 bits per heavy atom. The van der Waals surface area contributed by atoms with Gasteiger partial charge in [-0.3, -0.25) is 9.48 Å². The average Bonchev–Trinajstić information content (AvgIpc) is 3.07. The van der Waals surface area contributed by atoms with Crippen LogP contribution in [-0.2, 0) is 11.8 Å². The lowest BCUT2D eigenvalue weighted by Gasteiger charge is -2.01. The Balaban J connectivity index is 1.70. The van der Waals surface area contributed by atoms with E-state index < -0.39 is 0 Å². The van der Waals surface area contributed by atoms with Crippen molar-refractivity contribution < 1.29 is 4.79 Å². The highest BCUT2D eigenvalue weighted by Gasteiger charge is 2.06. The van der Waals surface area contributed by atoms with E-state index in [1.807, 2.05) is 43.2 Å². The fourth-order valence-electron chi connectivity index (χ4n) is 1.97. The molecule has 0 atom stereocenters. The van der Waals surface area contributed by atoms with Crippen molar-refractivity contribution in [1.82, 2.24) is 20.1 Å². The minimum atomic E-state index is -0.0677. The van der Waals surface area contributed by atoms with E-state index in [0.717, 1.165) is 33.5 Å². The van der Waals surface area contributed by atoms with Crippen molar-refractivity contribution in [2.75, 3.05) is 12.3 Å². The molecule has 0 saturated carbocycles. The van der Waals surface area contributed by atoms with Crippen molar-refractivity contribution in [3.05, 3.63) is 34.6 Å². The number of carbonyl (C=O) groups is 1. The lowest BCUT2D eigenvalue weighted by Crippen LogP contribution is -2.22. The second kappa shape index (κ2) is 8.14. The molecule has 118 valence electrons. The highest BCUT2D eigenvalue weighted by molar-refractivity contribution is 8.00. The Hall–Kier alpha value is -1.60. The first-order valence-corrected chi connectivity index (χ1v) is 8.93. The van der Waals surface area contributed by atoms with E-state index in [2.05, 4.69) is 15.4 Å². The maximum atomic E-state index is 11.8. The van der Waals surface area contributed by atoms with Crippen molar-refractivity contribution in [2.45, 2.75) is 24.6 Å². The molecule has 0 bridgehead atoms. The molecule has 0 spiro atoms. The van der Waals surface area contributed by atoms with Gasteiger partial charge in [0.1, 0.15) is 4.34 Å². The average molecular weight is 336 g/mol. The fraction of sp³-hybridized carbons (Fsp3) is 0.400. The van der Waals surface area contributed by atoms with Crippen LogP contribution in [0.15, 0.2) is 22.0 Å². The number of nitrogens with zero attached hydrogens (tertiary/aromatic N) is 3. The van der Waals surface area contributed by atoms with Gasteiger partial charge in [-0.2, -0.15) is 5.10 Å². The number of aryl methyl sites for hydroxylation is 2. The molecule has 0 saturated heterocycles. The van der Waals surface area contributed by atoms with Gasteiger partial charge in [0.05, 0.1) is 5.69 Å². The minimum absolute atomic E-state index is 0.0677. The summed E-state index contributed by atoms with van der Waals surface area (Å²) in [5, 5.41) is 9.19. The third-order valence-corrected chi connectivity index (χ3v) is 5.27. The molecule has 5 nitrogen and oxygen atoms in total. The topological polar surface area (TPSA) is 59.8 Å². The van der Waals surface area contributed by atoms with E-state index >= 15 is 0 Å². The van der Waals surface area contributed by atoms with Gasteiger partial charge in [-0.25, -0.2) is 4.98 Å². The predicted octanol–water partition coefficient (Wildman–Crippen LogP) is 2.81. The molecule has 0 aromatic carbocycles. The number of hydrogen-bond acceptors (Lipinski definition) is 5. The lowest BCUT2D eigenvalue weighted by atomic mass is 10.2. The highest BCUT2D eigenvalue weighted by atomic mass is 32.2. The molecule has 0 fully saturated rings. The van der Waals surface area contributed by atoms with Crippen molar-refractivity contribution >= 4 is 35.1 Å². The zero-order chi connectivity index (χ0) is 15.9. The molecule has 2 rings (SSSR count). The third kappa shape index (κ3) is 4.71. The highest BCUT2D eigenvalue weighted by Crippen LogP contribution is 2.20. The van der Waals surface area contributed by atoms with Crippen molar-refractivity contribution in [2.24, 2.45) is 7.05 Å². The summed E-state index contributed by atoms with van der Waals surface area (Å²) in [5.41, 5.74) is 3.00. The molecule has 0 aliphatic rings. The summed E-state index contributed by atoms with van der Waals surface area (Å²) in [4.78, 5) is 16.0. The predicted molar refractivity (Wildman–Crippen MR) is 92.2 cm³/mol. The van der Waals surface area contributed by atoms with Gasteiger partial charge in [0.2, 0.25) is 5.91 Å². The zero-order valence-corrected chi connectivity index (χ0v) is 14.6. The zero-order valence-electron chi connectivity index (χ0n) is 13.0. The van der Waals surface area contributed by atoms with Crippen LogP contribution in [0.3, 0.4) is 0 Å². The van der Waals surface area contributed by atoms with Gasteiger partial charge in [-0.05, 0) is 26.3 Å². The number of thioether (sulfide) groups is 1. The summed E-state index contributed by atoms with van der Waals surface area (Å²) >= 11 is 3.37. The number of thiazole rings is 1. The SMILES string of the molecule is Cc1nn(C)c(C)c1/C=C\C(=O)NCCCSc1nccs1. The summed E-state index contributed by atoms with van der Waals surface area (Å²) in [6.45, 7) is 4.61. The van der Waals surface area contributed by atoms with Crippen molar-refractivity contribution in [3.63, 3.8) is 0 Å². The Labute approximate surface area is 138 Å². The molecule has 2 aromatic rings. The first kappa shape index (κ1) is 16.8. The van der Waals surface area contributed by atoms with Crippen LogP contribution in [0.25, 0.3) is 6.08 Å². The molecule has 0 radical (unpaired) electrons. The molecular weight excluding hydrogens is 316 g/mol. The molecule has 0 aliphatic carbocycles. The Bertz CT molecular complexity index is 647. The lowest BCUT2D eigenvalue weighted by molar-refractivity contribution is -0.116. The van der Waals surface area contributed by atoms with Crippen LogP contribution in [-0.4, -0.2) is 33.0 Å². The van der Waals surface area contributed by atoms with Gasteiger partial charge in [0.25, 0.3) is 0 Å². The van der Waals surface area contributed by atoms with Crippen LogP contribution in [0.5, 0.6) is 0 Å². The normalized spacial score (nSPS) is 11.2. The molecule has 0 unspecified atom stereocenters. The third-order valence-electron chi connectivity index (χ3n) is 3.22. The summed E-state index contributed by atoms with van der Waals surface area (Å²) < 4.78 is 2.90. The molecular formula is C15H20N4OS2. The standard InChI is InChI=1S/C15H20N4OS2/c1-11-13(12(2)19(3)18-11)5-6-14(20)16-7-4-9-21-15-17-8-10-22-15/h5-6,8,10H,4,7,9H2,1-3H3,(H,16,20)/b6-5-. The number of aromatic nitrogens is 3. The van der Waals surface area contributed by atoms with Gasteiger partial charge in [-0.1, -0.05) is 11.8 Å². The molecule has 1 amide bonds. The summed E-state index contributed by atoms with van der Waals surface area (Å²) in [6, 6.07) is 0. The van der Waals surface area contributed by atoms with Crippen LogP contribution in [0.4, 0.5) is 0 Å². The molecule has 2 aromatic heterocycles. The van der Waals surface area contributed by atoms with Crippen LogP contribution in [0.2, 0.25) is 0 Å². The van der Waals surface area contributed by atoms with Gasteiger partial charge >= 0.3 is 0 Å². The van der Waals surface area contributed by atoms with Gasteiger partial charge in [0, 0.05) is 48.3 Å². The van der Waals surface area contributed by atoms with Crippen LogP contribution in [0.1, 0.15) is 23.4 Å². The number of amides is 1. The van der Waals surface area contributed by atoms with Crippen molar-refractivity contribution in [1.29, 1.82) is 0 Å².